The number of rotatable bonds is 3. The molecular formula is C24H24N2. The molecule has 0 amide bonds. The van der Waals surface area contributed by atoms with Gasteiger partial charge < -0.3 is 10.2 Å². The molecule has 0 spiro atoms. The largest absolute Gasteiger partial charge is 0.356 e. The first-order chi connectivity index (χ1) is 12.9. The van der Waals surface area contributed by atoms with E-state index >= 15 is 0 Å². The zero-order valence-corrected chi connectivity index (χ0v) is 14.9. The van der Waals surface area contributed by atoms with E-state index in [9.17, 15) is 0 Å². The summed E-state index contributed by atoms with van der Waals surface area (Å²) in [6.45, 7) is 0. The molecule has 2 atom stereocenters. The Kier molecular flexibility index (Phi) is 3.89. The Morgan fingerprint density at radius 3 is 2.23 bits per heavy atom. The number of hydrogen-bond acceptors (Lipinski definition) is 2. The minimum absolute atomic E-state index is 0.620. The van der Waals surface area contributed by atoms with Gasteiger partial charge in [0.25, 0.3) is 0 Å². The van der Waals surface area contributed by atoms with Crippen molar-refractivity contribution >= 4 is 22.7 Å². The molecule has 130 valence electrons. The van der Waals surface area contributed by atoms with Gasteiger partial charge in [-0.1, -0.05) is 49.2 Å². The van der Waals surface area contributed by atoms with Gasteiger partial charge in [-0.15, -0.1) is 0 Å². The van der Waals surface area contributed by atoms with Crippen LogP contribution in [0.2, 0.25) is 0 Å². The van der Waals surface area contributed by atoms with Crippen molar-refractivity contribution in [2.45, 2.75) is 37.6 Å². The van der Waals surface area contributed by atoms with Crippen LogP contribution in [0.1, 0.15) is 37.2 Å². The zero-order valence-electron chi connectivity index (χ0n) is 14.9. The van der Waals surface area contributed by atoms with Gasteiger partial charge in [0.05, 0.1) is 0 Å². The highest BCUT2D eigenvalue weighted by Crippen LogP contribution is 2.50. The zero-order chi connectivity index (χ0) is 17.3. The maximum atomic E-state index is 3.48. The fourth-order valence-corrected chi connectivity index (χ4v) is 4.71. The standard InChI is InChI=1S/C24H24N2/c1-2-8-18(9-3-1)25-19-14-16-20(17-15-19)26-23-12-6-4-10-21(23)22-11-5-7-13-24(22)26/h1-4,6,8-10,12,14-17,22,24-25H,5,7,11,13H2. The van der Waals surface area contributed by atoms with Crippen LogP contribution < -0.4 is 10.2 Å². The molecule has 26 heavy (non-hydrogen) atoms. The molecule has 1 N–H and O–H groups in total. The molecule has 2 nitrogen and oxygen atoms in total. The fourth-order valence-electron chi connectivity index (χ4n) is 4.71. The van der Waals surface area contributed by atoms with Gasteiger partial charge in [-0.05, 0) is 60.9 Å². The maximum Gasteiger partial charge on any atom is 0.0449 e. The second-order valence-corrected chi connectivity index (χ2v) is 7.43. The van der Waals surface area contributed by atoms with E-state index < -0.39 is 0 Å². The molecule has 1 heterocycles. The molecule has 0 radical (unpaired) electrons. The molecule has 1 aliphatic carbocycles. The highest BCUT2D eigenvalue weighted by atomic mass is 15.2. The Bertz CT molecular complexity index is 886. The molecule has 1 fully saturated rings. The lowest BCUT2D eigenvalue weighted by Crippen LogP contribution is -2.32. The smallest absolute Gasteiger partial charge is 0.0449 e. The Labute approximate surface area is 155 Å². The topological polar surface area (TPSA) is 15.3 Å². The summed E-state index contributed by atoms with van der Waals surface area (Å²) in [6.07, 6.45) is 5.33. The van der Waals surface area contributed by atoms with E-state index in [1.807, 2.05) is 6.07 Å². The first-order valence-electron chi connectivity index (χ1n) is 9.70. The highest BCUT2D eigenvalue weighted by molar-refractivity contribution is 5.74. The molecule has 1 saturated carbocycles. The number of benzene rings is 3. The number of anilines is 4. The van der Waals surface area contributed by atoms with Gasteiger partial charge >= 0.3 is 0 Å². The van der Waals surface area contributed by atoms with E-state index in [2.05, 4.69) is 83.0 Å². The number of nitrogens with one attached hydrogen (secondary N) is 1. The van der Waals surface area contributed by atoms with Gasteiger partial charge in [-0.25, -0.2) is 0 Å². The van der Waals surface area contributed by atoms with Crippen molar-refractivity contribution in [3.8, 4) is 0 Å². The van der Waals surface area contributed by atoms with Crippen molar-refractivity contribution in [3.63, 3.8) is 0 Å². The second-order valence-electron chi connectivity index (χ2n) is 7.43. The third-order valence-electron chi connectivity index (χ3n) is 5.86. The number of nitrogens with zero attached hydrogens (tertiary/aromatic N) is 1. The first kappa shape index (κ1) is 15.5. The summed E-state index contributed by atoms with van der Waals surface area (Å²) in [6, 6.07) is 28.9. The molecule has 3 aromatic carbocycles. The molecule has 0 aromatic heterocycles. The van der Waals surface area contributed by atoms with E-state index in [0.29, 0.717) is 12.0 Å². The normalized spacial score (nSPS) is 21.2. The quantitative estimate of drug-likeness (QED) is 0.577. The van der Waals surface area contributed by atoms with Crippen LogP contribution in [0.15, 0.2) is 78.9 Å². The molecule has 2 aliphatic rings. The average molecular weight is 340 g/mol. The van der Waals surface area contributed by atoms with Crippen LogP contribution in [0.3, 0.4) is 0 Å². The van der Waals surface area contributed by atoms with Crippen molar-refractivity contribution in [3.05, 3.63) is 84.4 Å². The molecule has 1 aliphatic heterocycles. The molecule has 2 unspecified atom stereocenters. The average Bonchev–Trinajstić information content (AvgIpc) is 3.04. The summed E-state index contributed by atoms with van der Waals surface area (Å²) < 4.78 is 0. The minimum atomic E-state index is 0.620. The van der Waals surface area contributed by atoms with E-state index in [4.69, 9.17) is 0 Å². The Balaban J connectivity index is 1.45. The summed E-state index contributed by atoms with van der Waals surface area (Å²) in [5, 5.41) is 3.48. The van der Waals surface area contributed by atoms with Gasteiger partial charge in [0.2, 0.25) is 0 Å². The highest BCUT2D eigenvalue weighted by Gasteiger charge is 2.39. The van der Waals surface area contributed by atoms with Crippen LogP contribution in [0, 0.1) is 0 Å². The maximum absolute atomic E-state index is 3.48. The van der Waals surface area contributed by atoms with Gasteiger partial charge in [-0.2, -0.15) is 0 Å². The van der Waals surface area contributed by atoms with Crippen LogP contribution in [0.25, 0.3) is 0 Å². The summed E-state index contributed by atoms with van der Waals surface area (Å²) in [4.78, 5) is 2.59. The van der Waals surface area contributed by atoms with Gasteiger partial charge in [0.15, 0.2) is 0 Å². The minimum Gasteiger partial charge on any atom is -0.356 e. The number of hydrogen-bond donors (Lipinski definition) is 1. The second kappa shape index (κ2) is 6.53. The van der Waals surface area contributed by atoms with Crippen LogP contribution in [-0.2, 0) is 0 Å². The molecule has 2 heteroatoms. The van der Waals surface area contributed by atoms with E-state index in [-0.39, 0.29) is 0 Å². The molecule has 0 bridgehead atoms. The summed E-state index contributed by atoms with van der Waals surface area (Å²) in [5.41, 5.74) is 6.52. The number of para-hydroxylation sites is 2. The fraction of sp³-hybridized carbons (Fsp3) is 0.250. The van der Waals surface area contributed by atoms with Crippen LogP contribution in [-0.4, -0.2) is 6.04 Å². The van der Waals surface area contributed by atoms with Gasteiger partial charge in [0.1, 0.15) is 0 Å². The van der Waals surface area contributed by atoms with Crippen LogP contribution in [0.4, 0.5) is 22.7 Å². The lowest BCUT2D eigenvalue weighted by molar-refractivity contribution is 0.402. The van der Waals surface area contributed by atoms with Crippen LogP contribution >= 0.6 is 0 Å². The molecule has 0 saturated heterocycles. The summed E-state index contributed by atoms with van der Waals surface area (Å²) in [5.74, 6) is 0.696. The van der Waals surface area contributed by atoms with E-state index in [1.165, 1.54) is 37.1 Å². The summed E-state index contributed by atoms with van der Waals surface area (Å²) in [7, 11) is 0. The lowest BCUT2D eigenvalue weighted by Gasteiger charge is -2.33. The third-order valence-corrected chi connectivity index (χ3v) is 5.86. The van der Waals surface area contributed by atoms with Gasteiger partial charge in [0, 0.05) is 34.7 Å². The lowest BCUT2D eigenvalue weighted by atomic mass is 9.82. The third kappa shape index (κ3) is 2.66. The Morgan fingerprint density at radius 2 is 1.38 bits per heavy atom. The Morgan fingerprint density at radius 1 is 0.692 bits per heavy atom. The predicted molar refractivity (Wildman–Crippen MR) is 110 cm³/mol. The first-order valence-corrected chi connectivity index (χ1v) is 9.70. The van der Waals surface area contributed by atoms with E-state index in [0.717, 1.165) is 11.4 Å². The van der Waals surface area contributed by atoms with Crippen molar-refractivity contribution in [2.75, 3.05) is 10.2 Å². The van der Waals surface area contributed by atoms with Gasteiger partial charge in [-0.3, -0.25) is 0 Å². The SMILES string of the molecule is c1ccc(Nc2ccc(N3c4ccccc4C4CCCCC43)cc2)cc1. The van der Waals surface area contributed by atoms with Crippen LogP contribution in [0.5, 0.6) is 0 Å². The van der Waals surface area contributed by atoms with Crippen molar-refractivity contribution in [1.29, 1.82) is 0 Å². The van der Waals surface area contributed by atoms with Crippen molar-refractivity contribution in [2.24, 2.45) is 0 Å². The molecule has 3 aromatic rings. The monoisotopic (exact) mass is 340 g/mol. The predicted octanol–water partition coefficient (Wildman–Crippen LogP) is 6.61. The van der Waals surface area contributed by atoms with Crippen molar-refractivity contribution < 1.29 is 0 Å². The summed E-state index contributed by atoms with van der Waals surface area (Å²) >= 11 is 0. The molecular weight excluding hydrogens is 316 g/mol. The Hall–Kier alpha value is -2.74. The number of fused-ring (bicyclic) bond motifs is 3. The van der Waals surface area contributed by atoms with Crippen molar-refractivity contribution in [1.82, 2.24) is 0 Å². The molecule has 5 rings (SSSR count). The van der Waals surface area contributed by atoms with E-state index in [1.54, 1.807) is 5.56 Å².